The van der Waals surface area contributed by atoms with Gasteiger partial charge in [0.15, 0.2) is 6.10 Å². The molecule has 1 atom stereocenters. The van der Waals surface area contributed by atoms with Gasteiger partial charge in [-0.1, -0.05) is 240 Å². The second-order valence-electron chi connectivity index (χ2n) is 17.6. The van der Waals surface area contributed by atoms with Crippen LogP contribution in [0, 0.1) is 5.92 Å². The van der Waals surface area contributed by atoms with Crippen molar-refractivity contribution in [3.05, 3.63) is 0 Å². The molecular weight excluding hydrogens is 697 g/mol. The van der Waals surface area contributed by atoms with Crippen LogP contribution in [-0.2, 0) is 28.6 Å². The summed E-state index contributed by atoms with van der Waals surface area (Å²) in [5.74, 6) is -0.0725. The standard InChI is InChI=1S/C50H96O6/c1-5-7-9-11-13-15-17-19-20-22-24-26-30-34-38-42-49(52)55-45-47(56-50(53)43-39-35-31-27-28-32-36-40-46(3)4)44-54-48(51)41-37-33-29-25-23-21-18-16-14-12-10-8-6-2/h46-47H,5-45H2,1-4H3/t47-/m1/s1. The van der Waals surface area contributed by atoms with Gasteiger partial charge in [0.25, 0.3) is 0 Å². The number of esters is 3. The molecule has 0 aromatic heterocycles. The maximum absolute atomic E-state index is 12.7. The van der Waals surface area contributed by atoms with Gasteiger partial charge in [-0.05, 0) is 25.2 Å². The van der Waals surface area contributed by atoms with Gasteiger partial charge in [-0.15, -0.1) is 0 Å². The third kappa shape index (κ3) is 43.5. The third-order valence-corrected chi connectivity index (χ3v) is 11.3. The first-order valence-corrected chi connectivity index (χ1v) is 24.9. The first kappa shape index (κ1) is 54.4. The van der Waals surface area contributed by atoms with Crippen LogP contribution in [0.3, 0.4) is 0 Å². The maximum Gasteiger partial charge on any atom is 0.306 e. The molecule has 0 radical (unpaired) electrons. The molecule has 0 saturated carbocycles. The van der Waals surface area contributed by atoms with Gasteiger partial charge < -0.3 is 14.2 Å². The fourth-order valence-electron chi connectivity index (χ4n) is 7.51. The van der Waals surface area contributed by atoms with E-state index in [0.29, 0.717) is 19.3 Å². The lowest BCUT2D eigenvalue weighted by atomic mass is 10.0. The highest BCUT2D eigenvalue weighted by molar-refractivity contribution is 5.71. The van der Waals surface area contributed by atoms with Crippen molar-refractivity contribution in [2.45, 2.75) is 284 Å². The highest BCUT2D eigenvalue weighted by atomic mass is 16.6. The molecule has 0 unspecified atom stereocenters. The van der Waals surface area contributed by atoms with Crippen LogP contribution >= 0.6 is 0 Å². The molecule has 0 bridgehead atoms. The summed E-state index contributed by atoms with van der Waals surface area (Å²) < 4.78 is 16.8. The van der Waals surface area contributed by atoms with Crippen LogP contribution in [0.1, 0.15) is 278 Å². The van der Waals surface area contributed by atoms with Crippen molar-refractivity contribution in [3.63, 3.8) is 0 Å². The summed E-state index contributed by atoms with van der Waals surface area (Å²) >= 11 is 0. The normalized spacial score (nSPS) is 11.9. The Morgan fingerprint density at radius 2 is 0.589 bits per heavy atom. The molecule has 0 saturated heterocycles. The quantitative estimate of drug-likeness (QED) is 0.0347. The second-order valence-corrected chi connectivity index (χ2v) is 17.6. The molecule has 0 aromatic carbocycles. The topological polar surface area (TPSA) is 78.9 Å². The minimum absolute atomic E-state index is 0.0638. The smallest absolute Gasteiger partial charge is 0.306 e. The molecule has 0 N–H and O–H groups in total. The minimum atomic E-state index is -0.760. The zero-order valence-electron chi connectivity index (χ0n) is 38.1. The van der Waals surface area contributed by atoms with Crippen molar-refractivity contribution in [2.24, 2.45) is 5.92 Å². The number of carbonyl (C=O) groups is 3. The van der Waals surface area contributed by atoms with E-state index in [9.17, 15) is 14.4 Å². The van der Waals surface area contributed by atoms with Crippen molar-refractivity contribution < 1.29 is 28.6 Å². The SMILES string of the molecule is CCCCCCCCCCCCCCCCCC(=O)OC[C@@H](COC(=O)CCCCCCCCCCCCCCC)OC(=O)CCCCCCCCCC(C)C. The summed E-state index contributed by atoms with van der Waals surface area (Å²) in [6.45, 7) is 8.97. The predicted molar refractivity (Wildman–Crippen MR) is 238 cm³/mol. The summed E-state index contributed by atoms with van der Waals surface area (Å²) in [5.41, 5.74) is 0. The molecule has 56 heavy (non-hydrogen) atoms. The van der Waals surface area contributed by atoms with Gasteiger partial charge in [0, 0.05) is 19.3 Å². The van der Waals surface area contributed by atoms with Crippen LogP contribution < -0.4 is 0 Å². The highest BCUT2D eigenvalue weighted by Crippen LogP contribution is 2.17. The number of rotatable bonds is 45. The molecule has 6 nitrogen and oxygen atoms in total. The highest BCUT2D eigenvalue weighted by Gasteiger charge is 2.19. The van der Waals surface area contributed by atoms with E-state index < -0.39 is 6.10 Å². The lowest BCUT2D eigenvalue weighted by molar-refractivity contribution is -0.167. The molecule has 0 aliphatic heterocycles. The Morgan fingerprint density at radius 3 is 0.875 bits per heavy atom. The van der Waals surface area contributed by atoms with Gasteiger partial charge in [-0.3, -0.25) is 14.4 Å². The number of unbranched alkanes of at least 4 members (excludes halogenated alkanes) is 32. The monoisotopic (exact) mass is 793 g/mol. The molecule has 0 aliphatic carbocycles. The largest absolute Gasteiger partial charge is 0.462 e. The van der Waals surface area contributed by atoms with Gasteiger partial charge >= 0.3 is 17.9 Å². The van der Waals surface area contributed by atoms with E-state index in [1.807, 2.05) is 0 Å². The number of hydrogen-bond donors (Lipinski definition) is 0. The predicted octanol–water partition coefficient (Wildman–Crippen LogP) is 15.9. The van der Waals surface area contributed by atoms with Crippen LogP contribution in [0.15, 0.2) is 0 Å². The number of hydrogen-bond acceptors (Lipinski definition) is 6. The van der Waals surface area contributed by atoms with Crippen molar-refractivity contribution in [2.75, 3.05) is 13.2 Å². The summed E-state index contributed by atoms with van der Waals surface area (Å²) in [6, 6.07) is 0. The first-order chi connectivity index (χ1) is 27.4. The maximum atomic E-state index is 12.7. The van der Waals surface area contributed by atoms with Crippen LogP contribution in [0.4, 0.5) is 0 Å². The Hall–Kier alpha value is -1.59. The van der Waals surface area contributed by atoms with Crippen molar-refractivity contribution >= 4 is 17.9 Å². The number of ether oxygens (including phenoxy) is 3. The van der Waals surface area contributed by atoms with Crippen molar-refractivity contribution in [1.29, 1.82) is 0 Å². The van der Waals surface area contributed by atoms with Gasteiger partial charge in [0.1, 0.15) is 13.2 Å². The summed E-state index contributed by atoms with van der Waals surface area (Å²) in [6.07, 6.45) is 45.2. The molecule has 0 spiro atoms. The average molecular weight is 793 g/mol. The molecule has 0 amide bonds. The molecule has 0 aromatic rings. The van der Waals surface area contributed by atoms with Gasteiger partial charge in [-0.25, -0.2) is 0 Å². The summed E-state index contributed by atoms with van der Waals surface area (Å²) in [4.78, 5) is 37.8. The van der Waals surface area contributed by atoms with E-state index in [0.717, 1.165) is 63.7 Å². The van der Waals surface area contributed by atoms with E-state index >= 15 is 0 Å². The van der Waals surface area contributed by atoms with E-state index in [1.165, 1.54) is 173 Å². The Bertz CT molecular complexity index is 841. The second kappa shape index (κ2) is 44.5. The fraction of sp³-hybridized carbons (Fsp3) is 0.940. The zero-order valence-corrected chi connectivity index (χ0v) is 38.1. The van der Waals surface area contributed by atoms with E-state index in [4.69, 9.17) is 14.2 Å². The fourth-order valence-corrected chi connectivity index (χ4v) is 7.51. The number of carbonyl (C=O) groups excluding carboxylic acids is 3. The zero-order chi connectivity index (χ0) is 41.0. The van der Waals surface area contributed by atoms with Crippen LogP contribution in [-0.4, -0.2) is 37.2 Å². The Morgan fingerprint density at radius 1 is 0.339 bits per heavy atom. The Balaban J connectivity index is 4.28. The van der Waals surface area contributed by atoms with Crippen LogP contribution in [0.25, 0.3) is 0 Å². The molecule has 0 aliphatic rings. The van der Waals surface area contributed by atoms with Crippen molar-refractivity contribution in [1.82, 2.24) is 0 Å². The Labute approximate surface area is 348 Å². The van der Waals surface area contributed by atoms with Gasteiger partial charge in [-0.2, -0.15) is 0 Å². The van der Waals surface area contributed by atoms with E-state index in [2.05, 4.69) is 27.7 Å². The molecule has 0 rings (SSSR count). The molecule has 6 heteroatoms. The van der Waals surface area contributed by atoms with E-state index in [1.54, 1.807) is 0 Å². The third-order valence-electron chi connectivity index (χ3n) is 11.3. The molecule has 0 fully saturated rings. The lowest BCUT2D eigenvalue weighted by Gasteiger charge is -2.18. The molecule has 332 valence electrons. The minimum Gasteiger partial charge on any atom is -0.462 e. The Kier molecular flexibility index (Phi) is 43.2. The van der Waals surface area contributed by atoms with Crippen molar-refractivity contribution in [3.8, 4) is 0 Å². The summed E-state index contributed by atoms with van der Waals surface area (Å²) in [5, 5.41) is 0. The van der Waals surface area contributed by atoms with Crippen LogP contribution in [0.5, 0.6) is 0 Å². The van der Waals surface area contributed by atoms with E-state index in [-0.39, 0.29) is 31.1 Å². The molecular formula is C50H96O6. The first-order valence-electron chi connectivity index (χ1n) is 24.9. The summed E-state index contributed by atoms with van der Waals surface area (Å²) in [7, 11) is 0. The van der Waals surface area contributed by atoms with Crippen LogP contribution in [0.2, 0.25) is 0 Å². The van der Waals surface area contributed by atoms with Gasteiger partial charge in [0.05, 0.1) is 0 Å². The lowest BCUT2D eigenvalue weighted by Crippen LogP contribution is -2.30. The molecule has 0 heterocycles. The van der Waals surface area contributed by atoms with Gasteiger partial charge in [0.2, 0.25) is 0 Å². The average Bonchev–Trinajstić information content (AvgIpc) is 3.18.